The van der Waals surface area contributed by atoms with E-state index in [1.807, 2.05) is 82.6 Å². The fourth-order valence-electron chi connectivity index (χ4n) is 8.07. The van der Waals surface area contributed by atoms with Crippen LogP contribution in [0, 0.1) is 11.8 Å². The Balaban J connectivity index is 1.07. The number of esters is 1. The predicted octanol–water partition coefficient (Wildman–Crippen LogP) is 9.44. The molecule has 2 heterocycles. The van der Waals surface area contributed by atoms with Crippen molar-refractivity contribution in [2.45, 2.75) is 83.4 Å². The first-order valence-corrected chi connectivity index (χ1v) is 20.5. The molecule has 302 valence electrons. The van der Waals surface area contributed by atoms with E-state index in [9.17, 15) is 27.6 Å². The highest BCUT2D eigenvalue weighted by molar-refractivity contribution is 5.95. The first kappa shape index (κ1) is 41.7. The molecule has 0 radical (unpaired) electrons. The zero-order valence-corrected chi connectivity index (χ0v) is 32.7. The summed E-state index contributed by atoms with van der Waals surface area (Å²) in [6.07, 6.45) is 5.79. The van der Waals surface area contributed by atoms with E-state index in [-0.39, 0.29) is 17.6 Å². The summed E-state index contributed by atoms with van der Waals surface area (Å²) in [5.41, 5.74) is 5.46. The topological polar surface area (TPSA) is 79.0 Å². The number of halogens is 3. The van der Waals surface area contributed by atoms with Gasteiger partial charge in [0.15, 0.2) is 0 Å². The number of nitrogens with one attached hydrogen (secondary N) is 1. The molecule has 0 bridgehead atoms. The third-order valence-electron chi connectivity index (χ3n) is 11.4. The van der Waals surface area contributed by atoms with E-state index in [4.69, 9.17) is 0 Å². The lowest BCUT2D eigenvalue weighted by Crippen LogP contribution is -2.38. The lowest BCUT2D eigenvalue weighted by molar-refractivity contribution is -0.189. The maximum atomic E-state index is 13.7. The molecular weight excluding hydrogens is 728 g/mol. The number of carbonyl (C=O) groups excluding carboxylic acids is 3. The monoisotopic (exact) mass is 781 g/mol. The average Bonchev–Trinajstić information content (AvgIpc) is 3.23. The fourth-order valence-corrected chi connectivity index (χ4v) is 8.07. The minimum atomic E-state index is -5.08. The van der Waals surface area contributed by atoms with Crippen LogP contribution in [0.1, 0.15) is 84.8 Å². The highest BCUT2D eigenvalue weighted by Gasteiger charge is 2.41. The molecule has 2 aliphatic rings. The number of nitrogens with zero attached hydrogens (tertiary/aromatic N) is 2. The van der Waals surface area contributed by atoms with Crippen molar-refractivity contribution in [3.05, 3.63) is 125 Å². The molecule has 2 aliphatic heterocycles. The summed E-state index contributed by atoms with van der Waals surface area (Å²) in [4.78, 5) is 42.5. The standard InChI is InChI=1S/C47H54F3N3O4/c48-47(49,50)46(56)57-43-20-18-38(19-21-43)26-31-53(44(54)17-6-12-35-8-2-1-3-9-35)34-39-13-5-14-40(32-39)41-15-7-16-42(33-41)45(55)52-29-24-37(25-30-52)11-4-10-36-22-27-51-28-23-36/h1-3,5,7-9,13-16,18-21,32-33,36-37,51H,4,6,10-12,17,22-31,34H2. The summed E-state index contributed by atoms with van der Waals surface area (Å²) < 4.78 is 42.4. The predicted molar refractivity (Wildman–Crippen MR) is 217 cm³/mol. The number of ether oxygens (including phenoxy) is 1. The number of rotatable bonds is 16. The number of hydrogen-bond donors (Lipinski definition) is 1. The number of amides is 2. The zero-order chi connectivity index (χ0) is 40.0. The quantitative estimate of drug-likeness (QED) is 0.0906. The van der Waals surface area contributed by atoms with Gasteiger partial charge in [-0.1, -0.05) is 92.1 Å². The molecule has 2 saturated heterocycles. The van der Waals surface area contributed by atoms with E-state index >= 15 is 0 Å². The van der Waals surface area contributed by atoms with Gasteiger partial charge in [-0.25, -0.2) is 4.79 Å². The van der Waals surface area contributed by atoms with Crippen molar-refractivity contribution in [2.24, 2.45) is 11.8 Å². The van der Waals surface area contributed by atoms with Gasteiger partial charge in [0.25, 0.3) is 5.91 Å². The Labute approximate surface area is 334 Å². The lowest BCUT2D eigenvalue weighted by Gasteiger charge is -2.32. The maximum absolute atomic E-state index is 13.7. The van der Waals surface area contributed by atoms with Gasteiger partial charge < -0.3 is 19.9 Å². The smallest absolute Gasteiger partial charge is 0.420 e. The SMILES string of the molecule is O=C(CCCc1ccccc1)N(CCc1ccc(OC(=O)C(F)(F)F)cc1)Cc1cccc(-c2cccc(C(=O)N3CCC(CCCC4CCNCC4)CC3)c2)c1. The molecule has 0 saturated carbocycles. The first-order chi connectivity index (χ1) is 27.6. The lowest BCUT2D eigenvalue weighted by atomic mass is 9.87. The van der Waals surface area contributed by atoms with Gasteiger partial charge >= 0.3 is 12.1 Å². The Morgan fingerprint density at radius 3 is 2.04 bits per heavy atom. The van der Waals surface area contributed by atoms with Gasteiger partial charge in [-0.05, 0) is 128 Å². The summed E-state index contributed by atoms with van der Waals surface area (Å²) in [5.74, 6) is -0.837. The Hall–Kier alpha value is -4.96. The molecule has 2 amide bonds. The minimum absolute atomic E-state index is 0.00481. The number of benzene rings is 4. The van der Waals surface area contributed by atoms with Crippen LogP contribution < -0.4 is 10.1 Å². The number of piperidine rings is 2. The minimum Gasteiger partial charge on any atom is -0.420 e. The highest BCUT2D eigenvalue weighted by Crippen LogP contribution is 2.28. The van der Waals surface area contributed by atoms with Crippen molar-refractivity contribution >= 4 is 17.8 Å². The molecule has 1 N–H and O–H groups in total. The molecule has 0 aromatic heterocycles. The van der Waals surface area contributed by atoms with Crippen LogP contribution in [0.4, 0.5) is 13.2 Å². The number of aryl methyl sites for hydroxylation is 1. The van der Waals surface area contributed by atoms with Crippen LogP contribution >= 0.6 is 0 Å². The highest BCUT2D eigenvalue weighted by atomic mass is 19.4. The molecule has 0 unspecified atom stereocenters. The first-order valence-electron chi connectivity index (χ1n) is 20.5. The van der Waals surface area contributed by atoms with Crippen LogP contribution in [0.15, 0.2) is 103 Å². The zero-order valence-electron chi connectivity index (χ0n) is 32.7. The van der Waals surface area contributed by atoms with Crippen LogP contribution in [-0.2, 0) is 29.0 Å². The van der Waals surface area contributed by atoms with Crippen molar-refractivity contribution in [3.63, 3.8) is 0 Å². The Bertz CT molecular complexity index is 1900. The molecule has 6 rings (SSSR count). The van der Waals surface area contributed by atoms with Gasteiger partial charge in [-0.3, -0.25) is 9.59 Å². The molecule has 0 spiro atoms. The fraction of sp³-hybridized carbons (Fsp3) is 0.426. The summed E-state index contributed by atoms with van der Waals surface area (Å²) in [7, 11) is 0. The van der Waals surface area contributed by atoms with E-state index < -0.39 is 12.1 Å². The number of carbonyl (C=O) groups is 3. The second-order valence-electron chi connectivity index (χ2n) is 15.6. The molecule has 0 aliphatic carbocycles. The summed E-state index contributed by atoms with van der Waals surface area (Å²) >= 11 is 0. The molecule has 4 aromatic rings. The second kappa shape index (κ2) is 20.5. The molecule has 10 heteroatoms. The van der Waals surface area contributed by atoms with Gasteiger partial charge in [0.05, 0.1) is 0 Å². The molecule has 0 atom stereocenters. The van der Waals surface area contributed by atoms with Crippen molar-refractivity contribution in [1.29, 1.82) is 0 Å². The third-order valence-corrected chi connectivity index (χ3v) is 11.4. The molecule has 7 nitrogen and oxygen atoms in total. The Kier molecular flexibility index (Phi) is 15.0. The largest absolute Gasteiger partial charge is 0.491 e. The van der Waals surface area contributed by atoms with Crippen molar-refractivity contribution in [3.8, 4) is 16.9 Å². The van der Waals surface area contributed by atoms with E-state index in [2.05, 4.69) is 16.1 Å². The summed E-state index contributed by atoms with van der Waals surface area (Å²) in [6, 6.07) is 31.7. The van der Waals surface area contributed by atoms with Gasteiger partial charge in [0.1, 0.15) is 5.75 Å². The number of likely N-dealkylation sites (tertiary alicyclic amines) is 1. The van der Waals surface area contributed by atoms with Crippen molar-refractivity contribution in [2.75, 3.05) is 32.7 Å². The third kappa shape index (κ3) is 12.8. The van der Waals surface area contributed by atoms with E-state index in [1.165, 1.54) is 49.8 Å². The van der Waals surface area contributed by atoms with Crippen LogP contribution in [0.3, 0.4) is 0 Å². The Morgan fingerprint density at radius 2 is 1.33 bits per heavy atom. The second-order valence-corrected chi connectivity index (χ2v) is 15.6. The number of hydrogen-bond acceptors (Lipinski definition) is 5. The Morgan fingerprint density at radius 1 is 0.702 bits per heavy atom. The van der Waals surface area contributed by atoms with Crippen molar-refractivity contribution < 1.29 is 32.3 Å². The van der Waals surface area contributed by atoms with E-state index in [1.54, 1.807) is 12.1 Å². The number of alkyl halides is 3. The van der Waals surface area contributed by atoms with Crippen LogP contribution in [-0.4, -0.2) is 66.5 Å². The van der Waals surface area contributed by atoms with Crippen LogP contribution in [0.5, 0.6) is 5.75 Å². The maximum Gasteiger partial charge on any atom is 0.491 e. The van der Waals surface area contributed by atoms with Gasteiger partial charge in [-0.2, -0.15) is 13.2 Å². The van der Waals surface area contributed by atoms with Gasteiger partial charge in [-0.15, -0.1) is 0 Å². The molecule has 4 aromatic carbocycles. The van der Waals surface area contributed by atoms with Gasteiger partial charge in [0.2, 0.25) is 5.91 Å². The molecule has 57 heavy (non-hydrogen) atoms. The molecular formula is C47H54F3N3O4. The molecule has 2 fully saturated rings. The van der Waals surface area contributed by atoms with E-state index in [0.717, 1.165) is 73.6 Å². The van der Waals surface area contributed by atoms with Gasteiger partial charge in [0, 0.05) is 38.2 Å². The van der Waals surface area contributed by atoms with Crippen LogP contribution in [0.2, 0.25) is 0 Å². The van der Waals surface area contributed by atoms with Crippen LogP contribution in [0.25, 0.3) is 11.1 Å². The average molecular weight is 782 g/mol. The van der Waals surface area contributed by atoms with E-state index in [0.29, 0.717) is 43.8 Å². The normalized spacial score (nSPS) is 15.3. The summed E-state index contributed by atoms with van der Waals surface area (Å²) in [5, 5.41) is 3.45. The van der Waals surface area contributed by atoms with Crippen molar-refractivity contribution in [1.82, 2.24) is 15.1 Å². The summed E-state index contributed by atoms with van der Waals surface area (Å²) in [6.45, 7) is 4.64.